The average Bonchev–Trinajstić information content (AvgIpc) is 3.06. The first-order chi connectivity index (χ1) is 15.3. The van der Waals surface area contributed by atoms with Crippen LogP contribution in [-0.2, 0) is 0 Å². The largest absolute Gasteiger partial charge is 0.393 e. The lowest BCUT2D eigenvalue weighted by molar-refractivity contribution is -0.166. The van der Waals surface area contributed by atoms with Crippen molar-refractivity contribution in [3.05, 3.63) is 35.5 Å². The predicted molar refractivity (Wildman–Crippen MR) is 129 cm³/mol. The van der Waals surface area contributed by atoms with E-state index in [-0.39, 0.29) is 11.8 Å². The summed E-state index contributed by atoms with van der Waals surface area (Å²) >= 11 is 0. The Labute approximate surface area is 198 Å². The second-order valence-electron chi connectivity index (χ2n) is 11.8. The minimum absolute atomic E-state index is 0.184. The van der Waals surface area contributed by atoms with Gasteiger partial charge in [0, 0.05) is 12.8 Å². The second-order valence-corrected chi connectivity index (χ2v) is 11.8. The lowest BCUT2D eigenvalue weighted by atomic mass is 9.60. The van der Waals surface area contributed by atoms with Crippen LogP contribution >= 0.6 is 0 Å². The van der Waals surface area contributed by atoms with Crippen molar-refractivity contribution in [3.63, 3.8) is 0 Å². The molecule has 2 unspecified atom stereocenters. The first kappa shape index (κ1) is 26.6. The van der Waals surface area contributed by atoms with Gasteiger partial charge in [0.25, 0.3) is 5.92 Å². The minimum Gasteiger partial charge on any atom is -0.393 e. The van der Waals surface area contributed by atoms with Crippen molar-refractivity contribution in [2.24, 2.45) is 23.2 Å². The van der Waals surface area contributed by atoms with E-state index in [2.05, 4.69) is 32.6 Å². The van der Waals surface area contributed by atoms with Crippen LogP contribution in [0.4, 0.5) is 8.78 Å². The van der Waals surface area contributed by atoms with Crippen LogP contribution in [0.25, 0.3) is 0 Å². The zero-order valence-electron chi connectivity index (χ0n) is 20.9. The summed E-state index contributed by atoms with van der Waals surface area (Å²) in [5, 5.41) is 29.9. The van der Waals surface area contributed by atoms with E-state index < -0.39 is 23.7 Å². The standard InChI is InChI=1S/C28H44F2O3/c1-18(8-6-15-28(29,30)26(3,4)33)23-12-13-24-20(9-7-14-27(23,24)5)10-11-21-16-22(31)17-25(32)19(21)2/h10-11,18,22-25,31-33H,2,6-9,12-17H2,1,3-5H3/b20-10+,21-11+/t18?,22-,23?,24+,25+,27-/m1/s1. The molecule has 33 heavy (non-hydrogen) atoms. The van der Waals surface area contributed by atoms with Gasteiger partial charge < -0.3 is 15.3 Å². The smallest absolute Gasteiger partial charge is 0.275 e. The Kier molecular flexibility index (Phi) is 7.98. The predicted octanol–water partition coefficient (Wildman–Crippen LogP) is 6.34. The first-order valence-corrected chi connectivity index (χ1v) is 12.8. The van der Waals surface area contributed by atoms with Gasteiger partial charge in [0.05, 0.1) is 12.2 Å². The molecule has 3 saturated carbocycles. The number of hydrogen-bond acceptors (Lipinski definition) is 3. The molecule has 0 aromatic rings. The lowest BCUT2D eigenvalue weighted by Crippen LogP contribution is -2.42. The monoisotopic (exact) mass is 466 g/mol. The molecule has 0 saturated heterocycles. The summed E-state index contributed by atoms with van der Waals surface area (Å²) in [5.41, 5.74) is 1.31. The third kappa shape index (κ3) is 5.62. The van der Waals surface area contributed by atoms with Crippen molar-refractivity contribution in [3.8, 4) is 0 Å². The fraction of sp³-hybridized carbons (Fsp3) is 0.786. The molecule has 5 heteroatoms. The van der Waals surface area contributed by atoms with Crippen LogP contribution in [0.1, 0.15) is 91.9 Å². The van der Waals surface area contributed by atoms with Crippen LogP contribution in [-0.4, -0.2) is 39.1 Å². The molecule has 3 aliphatic rings. The minimum atomic E-state index is -3.06. The van der Waals surface area contributed by atoms with E-state index in [0.717, 1.165) is 43.3 Å². The second kappa shape index (κ2) is 9.91. The van der Waals surface area contributed by atoms with Gasteiger partial charge in [0.1, 0.15) is 5.60 Å². The Morgan fingerprint density at radius 1 is 1.21 bits per heavy atom. The van der Waals surface area contributed by atoms with Crippen molar-refractivity contribution >= 4 is 0 Å². The molecule has 0 bridgehead atoms. The third-order valence-corrected chi connectivity index (χ3v) is 9.03. The maximum Gasteiger partial charge on any atom is 0.275 e. The summed E-state index contributed by atoms with van der Waals surface area (Å²) < 4.78 is 28.3. The van der Waals surface area contributed by atoms with E-state index in [1.165, 1.54) is 25.8 Å². The SMILES string of the molecule is C=C1/C(=C/C=C2\CCC[C@]3(C)C(C(C)CCCC(F)(F)C(C)(C)O)CC[C@@H]23)C[C@@H](O)C[C@@H]1O. The highest BCUT2D eigenvalue weighted by Crippen LogP contribution is 2.60. The molecular weight excluding hydrogens is 422 g/mol. The van der Waals surface area contributed by atoms with Crippen LogP contribution in [0.2, 0.25) is 0 Å². The summed E-state index contributed by atoms with van der Waals surface area (Å²) in [7, 11) is 0. The number of halogens is 2. The van der Waals surface area contributed by atoms with E-state index >= 15 is 0 Å². The third-order valence-electron chi connectivity index (χ3n) is 9.03. The van der Waals surface area contributed by atoms with Crippen molar-refractivity contribution in [1.29, 1.82) is 0 Å². The summed E-state index contributed by atoms with van der Waals surface area (Å²) in [6.07, 6.45) is 10.5. The highest BCUT2D eigenvalue weighted by Gasteiger charge is 2.51. The summed E-state index contributed by atoms with van der Waals surface area (Å²) in [5.74, 6) is -1.67. The summed E-state index contributed by atoms with van der Waals surface area (Å²) in [6.45, 7) is 11.0. The van der Waals surface area contributed by atoms with Crippen molar-refractivity contribution in [2.75, 3.05) is 0 Å². The van der Waals surface area contributed by atoms with Gasteiger partial charge in [-0.3, -0.25) is 0 Å². The Morgan fingerprint density at radius 3 is 2.58 bits per heavy atom. The quantitative estimate of drug-likeness (QED) is 0.410. The van der Waals surface area contributed by atoms with Crippen LogP contribution < -0.4 is 0 Å². The van der Waals surface area contributed by atoms with Gasteiger partial charge in [-0.25, -0.2) is 8.78 Å². The maximum atomic E-state index is 14.2. The maximum absolute atomic E-state index is 14.2. The van der Waals surface area contributed by atoms with E-state index in [4.69, 9.17) is 0 Å². The normalized spacial score (nSPS) is 36.9. The molecule has 0 amide bonds. The highest BCUT2D eigenvalue weighted by atomic mass is 19.3. The van der Waals surface area contributed by atoms with Gasteiger partial charge in [-0.05, 0) is 93.1 Å². The van der Waals surface area contributed by atoms with Gasteiger partial charge in [-0.15, -0.1) is 0 Å². The molecule has 0 radical (unpaired) electrons. The number of fused-ring (bicyclic) bond motifs is 1. The molecule has 3 fully saturated rings. The highest BCUT2D eigenvalue weighted by molar-refractivity contribution is 5.38. The average molecular weight is 467 g/mol. The van der Waals surface area contributed by atoms with Crippen LogP contribution in [0.15, 0.2) is 35.5 Å². The van der Waals surface area contributed by atoms with Crippen molar-refractivity contribution < 1.29 is 24.1 Å². The number of rotatable bonds is 7. The molecule has 0 aromatic carbocycles. The summed E-state index contributed by atoms with van der Waals surface area (Å²) in [6, 6.07) is 0. The molecule has 188 valence electrons. The topological polar surface area (TPSA) is 60.7 Å². The van der Waals surface area contributed by atoms with Crippen LogP contribution in [0, 0.1) is 23.2 Å². The lowest BCUT2D eigenvalue weighted by Gasteiger charge is -2.44. The number of alkyl halides is 2. The van der Waals surface area contributed by atoms with E-state index in [0.29, 0.717) is 37.0 Å². The van der Waals surface area contributed by atoms with E-state index in [1.54, 1.807) is 0 Å². The molecule has 0 heterocycles. The Bertz CT molecular complexity index is 779. The molecule has 0 aromatic heterocycles. The number of hydrogen-bond donors (Lipinski definition) is 3. The number of aliphatic hydroxyl groups is 3. The number of aliphatic hydroxyl groups excluding tert-OH is 2. The van der Waals surface area contributed by atoms with Gasteiger partial charge in [0.2, 0.25) is 0 Å². The van der Waals surface area contributed by atoms with Crippen LogP contribution in [0.3, 0.4) is 0 Å². The Balaban J connectivity index is 1.67. The Hall–Kier alpha value is -1.04. The van der Waals surface area contributed by atoms with Gasteiger partial charge in [-0.1, -0.05) is 44.6 Å². The summed E-state index contributed by atoms with van der Waals surface area (Å²) in [4.78, 5) is 0. The molecule has 0 spiro atoms. The number of allylic oxidation sites excluding steroid dienone is 3. The molecule has 3 rings (SSSR count). The van der Waals surface area contributed by atoms with Gasteiger partial charge in [0.15, 0.2) is 0 Å². The zero-order valence-corrected chi connectivity index (χ0v) is 20.9. The van der Waals surface area contributed by atoms with E-state index in [9.17, 15) is 24.1 Å². The first-order valence-electron chi connectivity index (χ1n) is 12.8. The molecule has 0 aliphatic heterocycles. The Morgan fingerprint density at radius 2 is 1.91 bits per heavy atom. The zero-order chi connectivity index (χ0) is 24.6. The molecule has 6 atom stereocenters. The van der Waals surface area contributed by atoms with Gasteiger partial charge >= 0.3 is 0 Å². The van der Waals surface area contributed by atoms with E-state index in [1.807, 2.05) is 0 Å². The molecule has 3 aliphatic carbocycles. The van der Waals surface area contributed by atoms with Crippen molar-refractivity contribution in [2.45, 2.75) is 116 Å². The van der Waals surface area contributed by atoms with Gasteiger partial charge in [-0.2, -0.15) is 0 Å². The molecule has 3 N–H and O–H groups in total. The van der Waals surface area contributed by atoms with Crippen LogP contribution in [0.5, 0.6) is 0 Å². The fourth-order valence-electron chi connectivity index (χ4n) is 6.83. The fourth-order valence-corrected chi connectivity index (χ4v) is 6.83. The van der Waals surface area contributed by atoms with Crippen molar-refractivity contribution in [1.82, 2.24) is 0 Å². The molecule has 3 nitrogen and oxygen atoms in total. The molecular formula is C28H44F2O3.